The molecule has 0 amide bonds. The lowest BCUT2D eigenvalue weighted by atomic mass is 10.3. The molecule has 2 rings (SSSR count). The Morgan fingerprint density at radius 3 is 2.62 bits per heavy atom. The topological polar surface area (TPSA) is 54.2 Å². The number of anilines is 1. The van der Waals surface area contributed by atoms with E-state index in [0.29, 0.717) is 5.82 Å². The first kappa shape index (κ1) is 12.5. The number of hydrogen-bond donors (Lipinski definition) is 2. The van der Waals surface area contributed by atoms with E-state index in [1.54, 1.807) is 0 Å². The summed E-state index contributed by atoms with van der Waals surface area (Å²) in [6.45, 7) is 5.24. The summed E-state index contributed by atoms with van der Waals surface area (Å²) in [6.07, 6.45) is 8.00. The van der Waals surface area contributed by atoms with Crippen molar-refractivity contribution in [1.29, 1.82) is 0 Å². The number of nitrogens with zero attached hydrogens (tertiary/aromatic N) is 2. The van der Waals surface area contributed by atoms with E-state index >= 15 is 0 Å². The maximum absolute atomic E-state index is 5.62. The number of aromatic nitrogens is 1. The molecule has 1 aromatic rings. The molecule has 4 heteroatoms. The third-order valence-corrected chi connectivity index (χ3v) is 2.42. The van der Waals surface area contributed by atoms with Gasteiger partial charge in [0.25, 0.3) is 0 Å². The molecule has 0 radical (unpaired) electrons. The highest BCUT2D eigenvalue weighted by Gasteiger charge is 2.10. The third kappa shape index (κ3) is 3.89. The highest BCUT2D eigenvalue weighted by Crippen LogP contribution is 2.05. The van der Waals surface area contributed by atoms with Crippen molar-refractivity contribution in [2.45, 2.75) is 6.54 Å². The molecule has 1 aromatic heterocycles. The molecule has 0 saturated carbocycles. The second-order valence-electron chi connectivity index (χ2n) is 3.58. The second kappa shape index (κ2) is 6.83. The summed E-state index contributed by atoms with van der Waals surface area (Å²) in [4.78, 5) is 6.67. The zero-order valence-electron chi connectivity index (χ0n) is 9.39. The van der Waals surface area contributed by atoms with E-state index in [2.05, 4.69) is 28.0 Å². The summed E-state index contributed by atoms with van der Waals surface area (Å²) in [7, 11) is 0. The second-order valence-corrected chi connectivity index (χ2v) is 3.58. The fraction of sp³-hybridized carbons (Fsp3) is 0.417. The lowest BCUT2D eigenvalue weighted by Crippen LogP contribution is -2.43. The van der Waals surface area contributed by atoms with Crippen molar-refractivity contribution in [2.75, 3.05) is 31.9 Å². The Bertz CT molecular complexity index is 329. The van der Waals surface area contributed by atoms with Crippen molar-refractivity contribution in [1.82, 2.24) is 15.2 Å². The molecule has 1 saturated heterocycles. The number of terminal acetylenes is 1. The van der Waals surface area contributed by atoms with Gasteiger partial charge in [0.15, 0.2) is 0 Å². The predicted molar refractivity (Wildman–Crippen MR) is 66.7 cm³/mol. The Hall–Kier alpha value is -1.57. The largest absolute Gasteiger partial charge is 0.384 e. The molecule has 0 bridgehead atoms. The van der Waals surface area contributed by atoms with Crippen LogP contribution in [0.15, 0.2) is 18.2 Å². The molecule has 1 aliphatic rings. The molecule has 4 nitrogen and oxygen atoms in total. The van der Waals surface area contributed by atoms with Gasteiger partial charge in [0.1, 0.15) is 5.82 Å². The Kier molecular flexibility index (Phi) is 5.34. The van der Waals surface area contributed by atoms with Gasteiger partial charge in [-0.15, -0.1) is 12.8 Å². The fourth-order valence-electron chi connectivity index (χ4n) is 1.68. The molecule has 0 unspecified atom stereocenters. The van der Waals surface area contributed by atoms with Gasteiger partial charge in [-0.05, 0) is 12.1 Å². The van der Waals surface area contributed by atoms with Crippen LogP contribution in [0.25, 0.3) is 0 Å². The monoisotopic (exact) mass is 218 g/mol. The zero-order valence-corrected chi connectivity index (χ0v) is 9.39. The Labute approximate surface area is 96.9 Å². The first-order valence-corrected chi connectivity index (χ1v) is 5.32. The Morgan fingerprint density at radius 2 is 2.00 bits per heavy atom. The maximum atomic E-state index is 5.62. The minimum Gasteiger partial charge on any atom is -0.384 e. The van der Waals surface area contributed by atoms with Gasteiger partial charge in [0.05, 0.1) is 5.69 Å². The summed E-state index contributed by atoms with van der Waals surface area (Å²) in [5.74, 6) is 0.609. The lowest BCUT2D eigenvalue weighted by Gasteiger charge is -2.26. The molecule has 1 aliphatic heterocycles. The molecule has 86 valence electrons. The molecule has 1 fully saturated rings. The van der Waals surface area contributed by atoms with Gasteiger partial charge in [0.2, 0.25) is 0 Å². The molecule has 16 heavy (non-hydrogen) atoms. The third-order valence-electron chi connectivity index (χ3n) is 2.42. The van der Waals surface area contributed by atoms with Crippen molar-refractivity contribution in [3.05, 3.63) is 23.9 Å². The van der Waals surface area contributed by atoms with E-state index in [9.17, 15) is 0 Å². The van der Waals surface area contributed by atoms with E-state index in [0.717, 1.165) is 38.4 Å². The van der Waals surface area contributed by atoms with Gasteiger partial charge in [-0.3, -0.25) is 4.90 Å². The van der Waals surface area contributed by atoms with Gasteiger partial charge in [-0.25, -0.2) is 4.98 Å². The van der Waals surface area contributed by atoms with Crippen molar-refractivity contribution >= 4 is 5.82 Å². The highest BCUT2D eigenvalue weighted by atomic mass is 15.2. The quantitative estimate of drug-likeness (QED) is 0.702. The van der Waals surface area contributed by atoms with Crippen LogP contribution in [0.3, 0.4) is 0 Å². The zero-order chi connectivity index (χ0) is 11.8. The number of nitrogen functional groups attached to an aromatic ring is 1. The van der Waals surface area contributed by atoms with Crippen LogP contribution in [0.5, 0.6) is 0 Å². The van der Waals surface area contributed by atoms with Crippen LogP contribution in [0.4, 0.5) is 5.82 Å². The standard InChI is InChI=1S/C10H16N4.C2H2/c11-10-3-1-2-9(13-10)8-14-6-4-12-5-7-14;1-2/h1-3,12H,4-8H2,(H2,11,13);1-2H. The van der Waals surface area contributed by atoms with Crippen molar-refractivity contribution in [3.63, 3.8) is 0 Å². The SMILES string of the molecule is C#C.Nc1cccc(CN2CCNCC2)n1. The number of rotatable bonds is 2. The molecule has 0 atom stereocenters. The van der Waals surface area contributed by atoms with Gasteiger partial charge in [-0.2, -0.15) is 0 Å². The number of piperazine rings is 1. The molecular formula is C12H18N4. The van der Waals surface area contributed by atoms with Gasteiger partial charge in [0, 0.05) is 32.7 Å². The van der Waals surface area contributed by atoms with Crippen LogP contribution in [0.1, 0.15) is 5.69 Å². The molecule has 3 N–H and O–H groups in total. The number of pyridine rings is 1. The van der Waals surface area contributed by atoms with Crippen LogP contribution in [0.2, 0.25) is 0 Å². The molecule has 0 aromatic carbocycles. The maximum Gasteiger partial charge on any atom is 0.123 e. The van der Waals surface area contributed by atoms with Crippen molar-refractivity contribution in [3.8, 4) is 12.8 Å². The first-order chi connectivity index (χ1) is 7.84. The van der Waals surface area contributed by atoms with Gasteiger partial charge >= 0.3 is 0 Å². The lowest BCUT2D eigenvalue weighted by molar-refractivity contribution is 0.231. The van der Waals surface area contributed by atoms with Crippen LogP contribution in [0, 0.1) is 12.8 Å². The summed E-state index contributed by atoms with van der Waals surface area (Å²) in [5.41, 5.74) is 6.68. The number of nitrogens with one attached hydrogen (secondary N) is 1. The summed E-state index contributed by atoms with van der Waals surface area (Å²) < 4.78 is 0. The summed E-state index contributed by atoms with van der Waals surface area (Å²) in [5, 5.41) is 3.33. The van der Waals surface area contributed by atoms with Crippen LogP contribution in [-0.4, -0.2) is 36.1 Å². The molecule has 2 heterocycles. The van der Waals surface area contributed by atoms with Gasteiger partial charge in [-0.1, -0.05) is 6.07 Å². The predicted octanol–water partition coefficient (Wildman–Crippen LogP) is 0.318. The smallest absolute Gasteiger partial charge is 0.123 e. The van der Waals surface area contributed by atoms with Gasteiger partial charge < -0.3 is 11.1 Å². The first-order valence-electron chi connectivity index (χ1n) is 5.32. The van der Waals surface area contributed by atoms with E-state index < -0.39 is 0 Å². The molecule has 0 spiro atoms. The Morgan fingerprint density at radius 1 is 1.31 bits per heavy atom. The van der Waals surface area contributed by atoms with E-state index in [1.165, 1.54) is 0 Å². The van der Waals surface area contributed by atoms with Crippen molar-refractivity contribution < 1.29 is 0 Å². The van der Waals surface area contributed by atoms with Crippen molar-refractivity contribution in [2.24, 2.45) is 0 Å². The average Bonchev–Trinajstić information content (AvgIpc) is 2.33. The van der Waals surface area contributed by atoms with Crippen LogP contribution in [-0.2, 0) is 6.54 Å². The van der Waals surface area contributed by atoms with Crippen LogP contribution >= 0.6 is 0 Å². The number of hydrogen-bond acceptors (Lipinski definition) is 4. The Balaban J connectivity index is 0.000000606. The van der Waals surface area contributed by atoms with E-state index in [-0.39, 0.29) is 0 Å². The van der Waals surface area contributed by atoms with E-state index in [1.807, 2.05) is 18.2 Å². The molecule has 0 aliphatic carbocycles. The van der Waals surface area contributed by atoms with Crippen LogP contribution < -0.4 is 11.1 Å². The summed E-state index contributed by atoms with van der Waals surface area (Å²) in [6, 6.07) is 5.81. The highest BCUT2D eigenvalue weighted by molar-refractivity contribution is 5.28. The van der Waals surface area contributed by atoms with E-state index in [4.69, 9.17) is 5.73 Å². The fourth-order valence-corrected chi connectivity index (χ4v) is 1.68. The minimum absolute atomic E-state index is 0.609. The molecular weight excluding hydrogens is 200 g/mol. The number of nitrogens with two attached hydrogens (primary N) is 1. The summed E-state index contributed by atoms with van der Waals surface area (Å²) >= 11 is 0. The average molecular weight is 218 g/mol. The normalized spacial score (nSPS) is 16.1. The minimum atomic E-state index is 0.609.